The zero-order chi connectivity index (χ0) is 22.2. The fraction of sp³-hybridized carbons (Fsp3) is 0.375. The van der Waals surface area contributed by atoms with E-state index in [0.717, 1.165) is 55.6 Å². The lowest BCUT2D eigenvalue weighted by molar-refractivity contribution is -0.127. The third-order valence-corrected chi connectivity index (χ3v) is 6.34. The van der Waals surface area contributed by atoms with Crippen LogP contribution in [-0.2, 0) is 11.2 Å². The van der Waals surface area contributed by atoms with E-state index in [1.807, 2.05) is 48.5 Å². The van der Waals surface area contributed by atoms with E-state index < -0.39 is 6.04 Å². The van der Waals surface area contributed by atoms with Crippen molar-refractivity contribution in [1.29, 1.82) is 0 Å². The highest BCUT2D eigenvalue weighted by Crippen LogP contribution is 2.31. The molecule has 2 heterocycles. The maximum Gasteiger partial charge on any atom is 0.276 e. The summed E-state index contributed by atoms with van der Waals surface area (Å²) in [6.45, 7) is 0.483. The molecule has 1 N–H and O–H groups in total. The van der Waals surface area contributed by atoms with E-state index in [-0.39, 0.29) is 23.6 Å². The van der Waals surface area contributed by atoms with Crippen LogP contribution in [0.15, 0.2) is 60.1 Å². The van der Waals surface area contributed by atoms with Crippen LogP contribution in [0, 0.1) is 0 Å². The number of nitrogens with one attached hydrogen (secondary N) is 1. The summed E-state index contributed by atoms with van der Waals surface area (Å²) in [5.74, 6) is -0.485. The number of nitrogens with zero attached hydrogens (tertiary/aromatic N) is 4. The van der Waals surface area contributed by atoms with Crippen molar-refractivity contribution < 1.29 is 9.59 Å². The molecule has 32 heavy (non-hydrogen) atoms. The Morgan fingerprint density at radius 3 is 2.53 bits per heavy atom. The van der Waals surface area contributed by atoms with Crippen molar-refractivity contribution in [2.45, 2.75) is 50.6 Å². The van der Waals surface area contributed by atoms with Crippen molar-refractivity contribution in [3.63, 3.8) is 0 Å². The summed E-state index contributed by atoms with van der Waals surface area (Å²) in [6, 6.07) is 14.6. The summed E-state index contributed by atoms with van der Waals surface area (Å²) in [4.78, 5) is 33.2. The van der Waals surface area contributed by atoms with Gasteiger partial charge in [0, 0.05) is 24.2 Å². The summed E-state index contributed by atoms with van der Waals surface area (Å²) >= 11 is 1.13. The monoisotopic (exact) mass is 449 g/mol. The van der Waals surface area contributed by atoms with E-state index in [2.05, 4.69) is 19.9 Å². The lowest BCUT2D eigenvalue weighted by Gasteiger charge is -2.38. The van der Waals surface area contributed by atoms with Crippen LogP contribution in [-0.4, -0.2) is 43.9 Å². The molecule has 1 aromatic carbocycles. The van der Waals surface area contributed by atoms with Crippen molar-refractivity contribution >= 4 is 23.3 Å². The molecule has 0 bridgehead atoms. The minimum Gasteiger partial charge on any atom is -0.354 e. The second kappa shape index (κ2) is 10.9. The van der Waals surface area contributed by atoms with Crippen molar-refractivity contribution in [2.24, 2.45) is 0 Å². The topological polar surface area (TPSA) is 88.1 Å². The number of rotatable bonds is 8. The Kier molecular flexibility index (Phi) is 7.55. The second-order valence-electron chi connectivity index (χ2n) is 7.98. The van der Waals surface area contributed by atoms with Crippen LogP contribution in [0.4, 0.5) is 0 Å². The van der Waals surface area contributed by atoms with Gasteiger partial charge in [-0.05, 0) is 48.5 Å². The average Bonchev–Trinajstić information content (AvgIpc) is 3.39. The van der Waals surface area contributed by atoms with Crippen LogP contribution in [0.2, 0.25) is 0 Å². The van der Waals surface area contributed by atoms with Gasteiger partial charge in [-0.3, -0.25) is 14.6 Å². The Morgan fingerprint density at radius 2 is 1.84 bits per heavy atom. The van der Waals surface area contributed by atoms with Gasteiger partial charge in [0.2, 0.25) is 5.91 Å². The Hall–Kier alpha value is -3.13. The number of carbonyl (C=O) groups is 2. The van der Waals surface area contributed by atoms with Gasteiger partial charge in [-0.2, -0.15) is 0 Å². The van der Waals surface area contributed by atoms with E-state index in [4.69, 9.17) is 0 Å². The highest BCUT2D eigenvalue weighted by atomic mass is 32.1. The summed E-state index contributed by atoms with van der Waals surface area (Å²) in [7, 11) is 0. The van der Waals surface area contributed by atoms with Crippen molar-refractivity contribution in [3.05, 3.63) is 77.1 Å². The number of hydrogen-bond donors (Lipinski definition) is 1. The van der Waals surface area contributed by atoms with Crippen molar-refractivity contribution in [2.75, 3.05) is 6.54 Å². The number of hydrogen-bond acceptors (Lipinski definition) is 6. The highest BCUT2D eigenvalue weighted by Gasteiger charge is 2.38. The Bertz CT molecular complexity index is 992. The van der Waals surface area contributed by atoms with Crippen LogP contribution in [0.25, 0.3) is 0 Å². The third kappa shape index (κ3) is 5.37. The third-order valence-electron chi connectivity index (χ3n) is 5.83. The maximum absolute atomic E-state index is 13.5. The quantitative estimate of drug-likeness (QED) is 0.565. The van der Waals surface area contributed by atoms with Crippen molar-refractivity contribution in [1.82, 2.24) is 24.8 Å². The van der Waals surface area contributed by atoms with E-state index in [1.54, 1.807) is 16.5 Å². The van der Waals surface area contributed by atoms with Crippen LogP contribution in [0.5, 0.6) is 0 Å². The summed E-state index contributed by atoms with van der Waals surface area (Å²) in [5.41, 5.74) is 1.99. The maximum atomic E-state index is 13.5. The smallest absolute Gasteiger partial charge is 0.276 e. The molecule has 1 saturated carbocycles. The second-order valence-corrected chi connectivity index (χ2v) is 8.59. The van der Waals surface area contributed by atoms with Gasteiger partial charge in [-0.15, -0.1) is 5.10 Å². The molecule has 2 amide bonds. The minimum absolute atomic E-state index is 0.0372. The van der Waals surface area contributed by atoms with Gasteiger partial charge in [0.1, 0.15) is 0 Å². The van der Waals surface area contributed by atoms with E-state index >= 15 is 0 Å². The standard InChI is InChI=1S/C24H27N5O2S/c30-23(26-16-14-18-9-3-1-4-10-18)22(20-13-7-8-15-25-20)29(19-11-5-2-6-12-19)24(31)21-17-32-28-27-21/h1,3-4,7-10,13,15,17,19,22H,2,5-6,11-12,14,16H2,(H,26,30)/t22-/m0/s1. The van der Waals surface area contributed by atoms with Crippen LogP contribution in [0.1, 0.15) is 59.9 Å². The van der Waals surface area contributed by atoms with Gasteiger partial charge in [-0.25, -0.2) is 0 Å². The normalized spacial score (nSPS) is 15.1. The largest absolute Gasteiger partial charge is 0.354 e. The molecule has 1 aliphatic rings. The number of pyridine rings is 1. The molecule has 166 valence electrons. The number of amides is 2. The molecule has 2 aromatic heterocycles. The highest BCUT2D eigenvalue weighted by molar-refractivity contribution is 7.03. The molecule has 8 heteroatoms. The fourth-order valence-corrected chi connectivity index (χ4v) is 4.69. The molecule has 1 fully saturated rings. The average molecular weight is 450 g/mol. The fourth-order valence-electron chi connectivity index (χ4n) is 4.26. The molecule has 0 unspecified atom stereocenters. The molecule has 4 rings (SSSR count). The predicted molar refractivity (Wildman–Crippen MR) is 123 cm³/mol. The van der Waals surface area contributed by atoms with E-state index in [1.165, 1.54) is 0 Å². The molecular formula is C24H27N5O2S. The number of aromatic nitrogens is 3. The number of benzene rings is 1. The molecule has 0 spiro atoms. The zero-order valence-corrected chi connectivity index (χ0v) is 18.7. The first-order valence-corrected chi connectivity index (χ1v) is 11.9. The Morgan fingerprint density at radius 1 is 1.06 bits per heavy atom. The van der Waals surface area contributed by atoms with Crippen LogP contribution < -0.4 is 5.32 Å². The molecule has 7 nitrogen and oxygen atoms in total. The Labute approximate surface area is 192 Å². The van der Waals surface area contributed by atoms with E-state index in [0.29, 0.717) is 12.2 Å². The van der Waals surface area contributed by atoms with Gasteiger partial charge in [0.05, 0.1) is 5.69 Å². The lowest BCUT2D eigenvalue weighted by atomic mass is 9.92. The molecule has 0 radical (unpaired) electrons. The zero-order valence-electron chi connectivity index (χ0n) is 17.9. The molecule has 1 atom stereocenters. The first-order chi connectivity index (χ1) is 15.7. The number of carbonyl (C=O) groups excluding carboxylic acids is 2. The van der Waals surface area contributed by atoms with Crippen molar-refractivity contribution in [3.8, 4) is 0 Å². The van der Waals surface area contributed by atoms with Crippen LogP contribution >= 0.6 is 11.5 Å². The molecule has 0 saturated heterocycles. The predicted octanol–water partition coefficient (Wildman–Crippen LogP) is 3.81. The van der Waals surface area contributed by atoms with Gasteiger partial charge < -0.3 is 10.2 Å². The Balaban J connectivity index is 1.61. The summed E-state index contributed by atoms with van der Waals surface area (Å²) in [5, 5.41) is 8.68. The molecule has 3 aromatic rings. The van der Waals surface area contributed by atoms with Gasteiger partial charge in [-0.1, -0.05) is 60.1 Å². The molecular weight excluding hydrogens is 422 g/mol. The van der Waals surface area contributed by atoms with E-state index in [9.17, 15) is 9.59 Å². The summed E-state index contributed by atoms with van der Waals surface area (Å²) < 4.78 is 3.86. The van der Waals surface area contributed by atoms with Crippen LogP contribution in [0.3, 0.4) is 0 Å². The van der Waals surface area contributed by atoms with Gasteiger partial charge in [0.25, 0.3) is 5.91 Å². The first-order valence-electron chi connectivity index (χ1n) is 11.1. The first kappa shape index (κ1) is 22.1. The molecule has 1 aliphatic carbocycles. The minimum atomic E-state index is -0.815. The SMILES string of the molecule is O=C(NCCc1ccccc1)[C@H](c1ccccn1)N(C(=O)c1csnn1)C1CCCCC1. The van der Waals surface area contributed by atoms with Gasteiger partial charge >= 0.3 is 0 Å². The van der Waals surface area contributed by atoms with Gasteiger partial charge in [0.15, 0.2) is 11.7 Å². The molecule has 0 aliphatic heterocycles. The lowest BCUT2D eigenvalue weighted by Crippen LogP contribution is -2.50. The summed E-state index contributed by atoms with van der Waals surface area (Å²) in [6.07, 6.45) is 7.33.